The highest BCUT2D eigenvalue weighted by molar-refractivity contribution is 5.57. The van der Waals surface area contributed by atoms with Crippen molar-refractivity contribution < 1.29 is 0 Å². The third kappa shape index (κ3) is 2.68. The smallest absolute Gasteiger partial charge is 0.102 e. The summed E-state index contributed by atoms with van der Waals surface area (Å²) in [4.78, 5) is 2.39. The van der Waals surface area contributed by atoms with Crippen molar-refractivity contribution >= 4 is 5.69 Å². The van der Waals surface area contributed by atoms with Gasteiger partial charge in [-0.3, -0.25) is 0 Å². The number of rotatable bonds is 4. The topological polar surface area (TPSA) is 34.0 Å². The van der Waals surface area contributed by atoms with Crippen LogP contribution in [-0.4, -0.2) is 21.5 Å². The van der Waals surface area contributed by atoms with Gasteiger partial charge in [-0.2, -0.15) is 0 Å². The molecule has 2 heterocycles. The average molecular weight is 318 g/mol. The first-order valence-corrected chi connectivity index (χ1v) is 8.56. The van der Waals surface area contributed by atoms with Crippen LogP contribution in [0.15, 0.2) is 54.7 Å². The molecule has 4 rings (SSSR count). The Morgan fingerprint density at radius 3 is 2.58 bits per heavy atom. The SMILES string of the molecule is CC(C)c1ccccc1-n1cc(CN2CCc3ccccc32)nn1. The van der Waals surface area contributed by atoms with E-state index in [-0.39, 0.29) is 0 Å². The molecule has 1 aromatic heterocycles. The maximum Gasteiger partial charge on any atom is 0.102 e. The molecule has 3 aromatic rings. The second kappa shape index (κ2) is 6.11. The Bertz CT molecular complexity index is 850. The number of nitrogens with zero attached hydrogens (tertiary/aromatic N) is 4. The summed E-state index contributed by atoms with van der Waals surface area (Å²) in [7, 11) is 0. The predicted molar refractivity (Wildman–Crippen MR) is 96.6 cm³/mol. The number of aromatic nitrogens is 3. The quantitative estimate of drug-likeness (QED) is 0.730. The normalized spacial score (nSPS) is 13.5. The van der Waals surface area contributed by atoms with Crippen molar-refractivity contribution in [1.29, 1.82) is 0 Å². The molecule has 0 radical (unpaired) electrons. The van der Waals surface area contributed by atoms with Crippen LogP contribution in [0.3, 0.4) is 0 Å². The number of para-hydroxylation sites is 2. The van der Waals surface area contributed by atoms with Gasteiger partial charge in [-0.1, -0.05) is 55.5 Å². The first kappa shape index (κ1) is 14.9. The molecule has 1 aliphatic heterocycles. The largest absolute Gasteiger partial charge is 0.365 e. The average Bonchev–Trinajstić information content (AvgIpc) is 3.23. The van der Waals surface area contributed by atoms with Crippen LogP contribution >= 0.6 is 0 Å². The maximum atomic E-state index is 4.40. The molecule has 0 atom stereocenters. The molecule has 0 saturated carbocycles. The highest BCUT2D eigenvalue weighted by atomic mass is 15.4. The van der Waals surface area contributed by atoms with E-state index < -0.39 is 0 Å². The minimum Gasteiger partial charge on any atom is -0.365 e. The maximum absolute atomic E-state index is 4.40. The van der Waals surface area contributed by atoms with Gasteiger partial charge in [0.25, 0.3) is 0 Å². The van der Waals surface area contributed by atoms with Crippen LogP contribution in [0.1, 0.15) is 36.6 Å². The summed E-state index contributed by atoms with van der Waals surface area (Å²) in [5.74, 6) is 0.458. The van der Waals surface area contributed by atoms with Gasteiger partial charge in [0.15, 0.2) is 0 Å². The predicted octanol–water partition coefficient (Wildman–Crippen LogP) is 3.95. The third-order valence-electron chi connectivity index (χ3n) is 4.68. The molecule has 24 heavy (non-hydrogen) atoms. The molecular formula is C20H22N4. The molecule has 2 aromatic carbocycles. The van der Waals surface area contributed by atoms with Gasteiger partial charge in [-0.15, -0.1) is 5.10 Å². The Morgan fingerprint density at radius 1 is 1.00 bits per heavy atom. The van der Waals surface area contributed by atoms with Crippen molar-refractivity contribution in [2.24, 2.45) is 0 Å². The first-order chi connectivity index (χ1) is 11.7. The van der Waals surface area contributed by atoms with Crippen LogP contribution in [-0.2, 0) is 13.0 Å². The lowest BCUT2D eigenvalue weighted by molar-refractivity contribution is 0.762. The van der Waals surface area contributed by atoms with Crippen LogP contribution < -0.4 is 4.90 Å². The van der Waals surface area contributed by atoms with Gasteiger partial charge in [0.05, 0.1) is 18.4 Å². The second-order valence-electron chi connectivity index (χ2n) is 6.67. The zero-order valence-corrected chi connectivity index (χ0v) is 14.2. The van der Waals surface area contributed by atoms with Crippen molar-refractivity contribution in [3.05, 3.63) is 71.5 Å². The van der Waals surface area contributed by atoms with Gasteiger partial charge >= 0.3 is 0 Å². The fraction of sp³-hybridized carbons (Fsp3) is 0.300. The highest BCUT2D eigenvalue weighted by Gasteiger charge is 2.19. The molecule has 122 valence electrons. The fourth-order valence-electron chi connectivity index (χ4n) is 3.44. The lowest BCUT2D eigenvalue weighted by atomic mass is 10.0. The van der Waals surface area contributed by atoms with Crippen molar-refractivity contribution in [3.63, 3.8) is 0 Å². The fourth-order valence-corrected chi connectivity index (χ4v) is 3.44. The molecule has 0 N–H and O–H groups in total. The van der Waals surface area contributed by atoms with Crippen LogP contribution in [0.5, 0.6) is 0 Å². The van der Waals surface area contributed by atoms with Gasteiger partial charge in [0.1, 0.15) is 5.69 Å². The minimum atomic E-state index is 0.458. The summed E-state index contributed by atoms with van der Waals surface area (Å²) < 4.78 is 1.91. The van der Waals surface area contributed by atoms with E-state index in [1.165, 1.54) is 16.8 Å². The molecular weight excluding hydrogens is 296 g/mol. The van der Waals surface area contributed by atoms with Crippen molar-refractivity contribution in [3.8, 4) is 5.69 Å². The number of benzene rings is 2. The number of anilines is 1. The standard InChI is InChI=1S/C20H22N4/c1-15(2)18-8-4-6-10-20(18)24-14-17(21-22-24)13-23-12-11-16-7-3-5-9-19(16)23/h3-10,14-15H,11-13H2,1-2H3. The van der Waals surface area contributed by atoms with E-state index >= 15 is 0 Å². The Balaban J connectivity index is 1.59. The molecule has 0 unspecified atom stereocenters. The summed E-state index contributed by atoms with van der Waals surface area (Å²) in [6.07, 6.45) is 3.17. The lowest BCUT2D eigenvalue weighted by Crippen LogP contribution is -2.19. The number of fused-ring (bicyclic) bond motifs is 1. The van der Waals surface area contributed by atoms with Gasteiger partial charge < -0.3 is 4.90 Å². The molecule has 4 heteroatoms. The zero-order valence-electron chi connectivity index (χ0n) is 14.2. The second-order valence-corrected chi connectivity index (χ2v) is 6.67. The molecule has 1 aliphatic rings. The van der Waals surface area contributed by atoms with E-state index in [9.17, 15) is 0 Å². The first-order valence-electron chi connectivity index (χ1n) is 8.56. The number of hydrogen-bond donors (Lipinski definition) is 0. The van der Waals surface area contributed by atoms with E-state index in [2.05, 4.69) is 83.8 Å². The zero-order chi connectivity index (χ0) is 16.5. The molecule has 0 saturated heterocycles. The van der Waals surface area contributed by atoms with Gasteiger partial charge in [0, 0.05) is 12.2 Å². The molecule has 0 amide bonds. The molecule has 0 fully saturated rings. The monoisotopic (exact) mass is 318 g/mol. The van der Waals surface area contributed by atoms with E-state index in [4.69, 9.17) is 0 Å². The Morgan fingerprint density at radius 2 is 1.75 bits per heavy atom. The van der Waals surface area contributed by atoms with Crippen molar-refractivity contribution in [2.75, 3.05) is 11.4 Å². The minimum absolute atomic E-state index is 0.458. The van der Waals surface area contributed by atoms with Gasteiger partial charge in [-0.25, -0.2) is 4.68 Å². The van der Waals surface area contributed by atoms with E-state index in [1.807, 2.05) is 4.68 Å². The summed E-state index contributed by atoms with van der Waals surface area (Å²) >= 11 is 0. The Hall–Kier alpha value is -2.62. The summed E-state index contributed by atoms with van der Waals surface area (Å²) in [6, 6.07) is 17.0. The molecule has 0 spiro atoms. The molecule has 0 aliphatic carbocycles. The molecule has 0 bridgehead atoms. The highest BCUT2D eigenvalue weighted by Crippen LogP contribution is 2.28. The Labute approximate surface area is 142 Å². The van der Waals surface area contributed by atoms with Crippen molar-refractivity contribution in [1.82, 2.24) is 15.0 Å². The number of hydrogen-bond acceptors (Lipinski definition) is 3. The van der Waals surface area contributed by atoms with E-state index in [1.54, 1.807) is 0 Å². The summed E-state index contributed by atoms with van der Waals surface area (Å²) in [5.41, 5.74) is 6.17. The van der Waals surface area contributed by atoms with Gasteiger partial charge in [0.2, 0.25) is 0 Å². The van der Waals surface area contributed by atoms with Crippen molar-refractivity contribution in [2.45, 2.75) is 32.7 Å². The van der Waals surface area contributed by atoms with Crippen LogP contribution in [0.2, 0.25) is 0 Å². The van der Waals surface area contributed by atoms with Gasteiger partial charge in [-0.05, 0) is 35.6 Å². The summed E-state index contributed by atoms with van der Waals surface area (Å²) in [5, 5.41) is 8.77. The van der Waals surface area contributed by atoms with E-state index in [0.717, 1.165) is 30.9 Å². The third-order valence-corrected chi connectivity index (χ3v) is 4.68. The van der Waals surface area contributed by atoms with Crippen LogP contribution in [0, 0.1) is 0 Å². The Kier molecular flexibility index (Phi) is 3.81. The van der Waals surface area contributed by atoms with E-state index in [0.29, 0.717) is 5.92 Å². The summed E-state index contributed by atoms with van der Waals surface area (Å²) in [6.45, 7) is 6.27. The lowest BCUT2D eigenvalue weighted by Gasteiger charge is -2.17. The molecule has 4 nitrogen and oxygen atoms in total. The van der Waals surface area contributed by atoms with Crippen LogP contribution in [0.4, 0.5) is 5.69 Å². The van der Waals surface area contributed by atoms with Crippen LogP contribution in [0.25, 0.3) is 5.69 Å².